The van der Waals surface area contributed by atoms with Crippen molar-refractivity contribution >= 4 is 5.91 Å². The van der Waals surface area contributed by atoms with Gasteiger partial charge in [-0.2, -0.15) is 0 Å². The number of amides is 1. The third-order valence-corrected chi connectivity index (χ3v) is 3.10. The smallest absolute Gasteiger partial charge is 0.220 e. The van der Waals surface area contributed by atoms with Crippen molar-refractivity contribution < 1.29 is 4.79 Å². The molecule has 0 rings (SSSR count). The first-order chi connectivity index (χ1) is 8.03. The Balaban J connectivity index is 3.79. The average molecular weight is 243 g/mol. The van der Waals surface area contributed by atoms with Crippen LogP contribution in [0.3, 0.4) is 0 Å². The molecule has 17 heavy (non-hydrogen) atoms. The van der Waals surface area contributed by atoms with E-state index in [1.807, 2.05) is 0 Å². The Morgan fingerprint density at radius 2 is 1.88 bits per heavy atom. The second-order valence-electron chi connectivity index (χ2n) is 4.83. The SMILES string of the molecule is CCN(CC)CC(C)NC(=O)CCC(C)CN. The molecule has 0 aromatic carbocycles. The Kier molecular flexibility index (Phi) is 9.09. The highest BCUT2D eigenvalue weighted by atomic mass is 16.1. The van der Waals surface area contributed by atoms with Crippen LogP contribution in [0.5, 0.6) is 0 Å². The summed E-state index contributed by atoms with van der Waals surface area (Å²) in [6, 6.07) is 0.218. The number of nitrogens with one attached hydrogen (secondary N) is 1. The predicted molar refractivity (Wildman–Crippen MR) is 72.8 cm³/mol. The van der Waals surface area contributed by atoms with Crippen LogP contribution in [-0.2, 0) is 4.79 Å². The van der Waals surface area contributed by atoms with Crippen LogP contribution in [0.15, 0.2) is 0 Å². The van der Waals surface area contributed by atoms with Crippen molar-refractivity contribution in [3.63, 3.8) is 0 Å². The van der Waals surface area contributed by atoms with Crippen LogP contribution < -0.4 is 11.1 Å². The lowest BCUT2D eigenvalue weighted by atomic mass is 10.1. The average Bonchev–Trinajstić information content (AvgIpc) is 2.32. The number of nitrogens with two attached hydrogens (primary N) is 1. The molecule has 0 saturated carbocycles. The van der Waals surface area contributed by atoms with Crippen molar-refractivity contribution in [3.05, 3.63) is 0 Å². The molecule has 0 aliphatic carbocycles. The molecule has 0 fully saturated rings. The van der Waals surface area contributed by atoms with E-state index in [1.165, 1.54) is 0 Å². The molecule has 3 N–H and O–H groups in total. The third-order valence-electron chi connectivity index (χ3n) is 3.10. The van der Waals surface area contributed by atoms with E-state index >= 15 is 0 Å². The number of hydrogen-bond donors (Lipinski definition) is 2. The van der Waals surface area contributed by atoms with Gasteiger partial charge in [-0.1, -0.05) is 20.8 Å². The Morgan fingerprint density at radius 1 is 1.29 bits per heavy atom. The van der Waals surface area contributed by atoms with Crippen molar-refractivity contribution in [3.8, 4) is 0 Å². The van der Waals surface area contributed by atoms with Crippen molar-refractivity contribution in [1.82, 2.24) is 10.2 Å². The van der Waals surface area contributed by atoms with Gasteiger partial charge in [0.15, 0.2) is 0 Å². The minimum absolute atomic E-state index is 0.143. The van der Waals surface area contributed by atoms with Crippen molar-refractivity contribution in [2.24, 2.45) is 11.7 Å². The van der Waals surface area contributed by atoms with Gasteiger partial charge in [-0.05, 0) is 38.9 Å². The summed E-state index contributed by atoms with van der Waals surface area (Å²) in [5.74, 6) is 0.573. The van der Waals surface area contributed by atoms with Gasteiger partial charge in [-0.25, -0.2) is 0 Å². The zero-order valence-electron chi connectivity index (χ0n) is 11.8. The van der Waals surface area contributed by atoms with E-state index in [0.717, 1.165) is 26.1 Å². The first-order valence-corrected chi connectivity index (χ1v) is 6.75. The lowest BCUT2D eigenvalue weighted by molar-refractivity contribution is -0.122. The molecule has 0 heterocycles. The van der Waals surface area contributed by atoms with Crippen molar-refractivity contribution in [2.75, 3.05) is 26.2 Å². The van der Waals surface area contributed by atoms with Gasteiger partial charge in [0, 0.05) is 19.0 Å². The van der Waals surface area contributed by atoms with E-state index in [2.05, 4.69) is 37.9 Å². The topological polar surface area (TPSA) is 58.4 Å². The summed E-state index contributed by atoms with van der Waals surface area (Å²) >= 11 is 0. The molecule has 4 heteroatoms. The molecule has 0 aromatic rings. The highest BCUT2D eigenvalue weighted by molar-refractivity contribution is 5.76. The van der Waals surface area contributed by atoms with Crippen LogP contribution >= 0.6 is 0 Å². The van der Waals surface area contributed by atoms with Crippen LogP contribution in [0, 0.1) is 5.92 Å². The first kappa shape index (κ1) is 16.4. The Hall–Kier alpha value is -0.610. The number of nitrogens with zero attached hydrogens (tertiary/aromatic N) is 1. The lowest BCUT2D eigenvalue weighted by Crippen LogP contribution is -2.42. The molecule has 0 aliphatic rings. The molecule has 0 aliphatic heterocycles. The van der Waals surface area contributed by atoms with Gasteiger partial charge in [-0.15, -0.1) is 0 Å². The van der Waals surface area contributed by atoms with E-state index in [9.17, 15) is 4.79 Å². The fraction of sp³-hybridized carbons (Fsp3) is 0.923. The fourth-order valence-corrected chi connectivity index (χ4v) is 1.76. The maximum Gasteiger partial charge on any atom is 0.220 e. The predicted octanol–water partition coefficient (Wildman–Crippen LogP) is 1.21. The molecule has 1 amide bonds. The van der Waals surface area contributed by atoms with Crippen molar-refractivity contribution in [2.45, 2.75) is 46.6 Å². The van der Waals surface area contributed by atoms with Crippen LogP contribution in [0.2, 0.25) is 0 Å². The molecular weight excluding hydrogens is 214 g/mol. The second-order valence-corrected chi connectivity index (χ2v) is 4.83. The minimum atomic E-state index is 0.143. The van der Waals surface area contributed by atoms with E-state index in [4.69, 9.17) is 5.73 Å². The molecule has 0 bridgehead atoms. The van der Waals surface area contributed by atoms with Gasteiger partial charge in [0.2, 0.25) is 5.91 Å². The summed E-state index contributed by atoms with van der Waals surface area (Å²) in [6.07, 6.45) is 1.46. The lowest BCUT2D eigenvalue weighted by Gasteiger charge is -2.23. The Labute approximate surface area is 106 Å². The highest BCUT2D eigenvalue weighted by Gasteiger charge is 2.11. The van der Waals surface area contributed by atoms with Crippen molar-refractivity contribution in [1.29, 1.82) is 0 Å². The molecule has 0 radical (unpaired) electrons. The number of carbonyl (C=O) groups is 1. The molecule has 2 unspecified atom stereocenters. The van der Waals surface area contributed by atoms with Gasteiger partial charge < -0.3 is 16.0 Å². The summed E-state index contributed by atoms with van der Waals surface area (Å²) in [5, 5.41) is 3.04. The normalized spacial score (nSPS) is 14.7. The Morgan fingerprint density at radius 3 is 2.35 bits per heavy atom. The number of likely N-dealkylation sites (N-methyl/N-ethyl adjacent to an activating group) is 1. The molecule has 0 saturated heterocycles. The van der Waals surface area contributed by atoms with E-state index in [0.29, 0.717) is 18.9 Å². The molecule has 102 valence electrons. The van der Waals surface area contributed by atoms with Gasteiger partial charge >= 0.3 is 0 Å². The molecular formula is C13H29N3O. The quantitative estimate of drug-likeness (QED) is 0.640. The third kappa shape index (κ3) is 8.16. The van der Waals surface area contributed by atoms with Crippen LogP contribution in [0.25, 0.3) is 0 Å². The van der Waals surface area contributed by atoms with E-state index < -0.39 is 0 Å². The summed E-state index contributed by atoms with van der Waals surface area (Å²) in [4.78, 5) is 14.0. The summed E-state index contributed by atoms with van der Waals surface area (Å²) < 4.78 is 0. The zero-order valence-corrected chi connectivity index (χ0v) is 11.8. The number of carbonyl (C=O) groups excluding carboxylic acids is 1. The monoisotopic (exact) mass is 243 g/mol. The first-order valence-electron chi connectivity index (χ1n) is 6.75. The summed E-state index contributed by atoms with van der Waals surface area (Å²) in [6.45, 7) is 12.0. The standard InChI is InChI=1S/C13H29N3O/c1-5-16(6-2)10-12(4)15-13(17)8-7-11(3)9-14/h11-12H,5-10,14H2,1-4H3,(H,15,17). The maximum atomic E-state index is 11.7. The molecule has 0 spiro atoms. The highest BCUT2D eigenvalue weighted by Crippen LogP contribution is 2.03. The number of hydrogen-bond acceptors (Lipinski definition) is 3. The van der Waals surface area contributed by atoms with Crippen LogP contribution in [0.4, 0.5) is 0 Å². The van der Waals surface area contributed by atoms with Gasteiger partial charge in [0.05, 0.1) is 0 Å². The van der Waals surface area contributed by atoms with Gasteiger partial charge in [0.25, 0.3) is 0 Å². The van der Waals surface area contributed by atoms with E-state index in [-0.39, 0.29) is 11.9 Å². The number of rotatable bonds is 9. The Bertz CT molecular complexity index is 205. The molecule has 0 aromatic heterocycles. The fourth-order valence-electron chi connectivity index (χ4n) is 1.76. The summed E-state index contributed by atoms with van der Waals surface area (Å²) in [7, 11) is 0. The second kappa shape index (κ2) is 9.42. The van der Waals surface area contributed by atoms with E-state index in [1.54, 1.807) is 0 Å². The summed E-state index contributed by atoms with van der Waals surface area (Å²) in [5.41, 5.74) is 5.52. The zero-order chi connectivity index (χ0) is 13.3. The molecule has 2 atom stereocenters. The van der Waals surface area contributed by atoms with Gasteiger partial charge in [-0.3, -0.25) is 4.79 Å². The maximum absolute atomic E-state index is 11.7. The minimum Gasteiger partial charge on any atom is -0.352 e. The van der Waals surface area contributed by atoms with Gasteiger partial charge in [0.1, 0.15) is 0 Å². The van der Waals surface area contributed by atoms with Crippen LogP contribution in [0.1, 0.15) is 40.5 Å². The molecule has 4 nitrogen and oxygen atoms in total. The van der Waals surface area contributed by atoms with Crippen LogP contribution in [-0.4, -0.2) is 43.0 Å². The largest absolute Gasteiger partial charge is 0.352 e.